The zero-order valence-corrected chi connectivity index (χ0v) is 12.3. The minimum absolute atomic E-state index is 0.216. The van der Waals surface area contributed by atoms with Gasteiger partial charge < -0.3 is 4.48 Å². The topological polar surface area (TPSA) is 17.1 Å². The summed E-state index contributed by atoms with van der Waals surface area (Å²) < 4.78 is 1.18. The van der Waals surface area contributed by atoms with Crippen LogP contribution in [0.5, 0.6) is 0 Å². The molecular weight excluding hydrogens is 234 g/mol. The summed E-state index contributed by atoms with van der Waals surface area (Å²) in [5.74, 6) is 2.33. The largest absolute Gasteiger partial charge is 0.317 e. The van der Waals surface area contributed by atoms with Crippen LogP contribution in [0.15, 0.2) is 11.6 Å². The van der Waals surface area contributed by atoms with Gasteiger partial charge in [0.2, 0.25) is 0 Å². The van der Waals surface area contributed by atoms with Gasteiger partial charge in [-0.25, -0.2) is 0 Å². The van der Waals surface area contributed by atoms with Crippen LogP contribution in [0, 0.1) is 17.8 Å². The van der Waals surface area contributed by atoms with Gasteiger partial charge in [0, 0.05) is 19.3 Å². The summed E-state index contributed by atoms with van der Waals surface area (Å²) in [6.45, 7) is 4.96. The van der Waals surface area contributed by atoms with Crippen molar-refractivity contribution in [3.63, 3.8) is 0 Å². The van der Waals surface area contributed by atoms with Crippen LogP contribution < -0.4 is 0 Å². The molecule has 4 rings (SSSR count). The Balaban J connectivity index is 1.93. The van der Waals surface area contributed by atoms with Gasteiger partial charge in [0.25, 0.3) is 0 Å². The van der Waals surface area contributed by atoms with Crippen LogP contribution in [0.3, 0.4) is 0 Å². The third-order valence-corrected chi connectivity index (χ3v) is 6.79. The molecule has 1 spiro atoms. The molecule has 0 aromatic heterocycles. The summed E-state index contributed by atoms with van der Waals surface area (Å²) in [5, 5.41) is 0. The number of nitrogens with zero attached hydrogens (tertiary/aromatic N) is 1. The highest BCUT2D eigenvalue weighted by Gasteiger charge is 2.66. The van der Waals surface area contributed by atoms with Crippen molar-refractivity contribution in [2.45, 2.75) is 51.0 Å². The Kier molecular flexibility index (Phi) is 2.38. The van der Waals surface area contributed by atoms with Gasteiger partial charge in [0.05, 0.1) is 26.1 Å². The van der Waals surface area contributed by atoms with Gasteiger partial charge in [-0.15, -0.1) is 0 Å². The van der Waals surface area contributed by atoms with E-state index in [1.54, 1.807) is 5.57 Å². The average Bonchev–Trinajstić information content (AvgIpc) is 2.34. The quantitative estimate of drug-likeness (QED) is 0.483. The second-order valence-corrected chi connectivity index (χ2v) is 7.82. The van der Waals surface area contributed by atoms with E-state index in [-0.39, 0.29) is 5.54 Å². The summed E-state index contributed by atoms with van der Waals surface area (Å²) in [6, 6.07) is 0. The van der Waals surface area contributed by atoms with Crippen LogP contribution in [-0.4, -0.2) is 35.9 Å². The first-order chi connectivity index (χ1) is 9.07. The highest BCUT2D eigenvalue weighted by Crippen LogP contribution is 2.59. The Morgan fingerprint density at radius 1 is 1.37 bits per heavy atom. The summed E-state index contributed by atoms with van der Waals surface area (Å²) >= 11 is 0. The molecule has 1 saturated heterocycles. The van der Waals surface area contributed by atoms with Crippen molar-refractivity contribution >= 4 is 5.78 Å². The molecule has 0 amide bonds. The molecule has 2 nitrogen and oxygen atoms in total. The lowest BCUT2D eigenvalue weighted by Crippen LogP contribution is -2.75. The van der Waals surface area contributed by atoms with Crippen molar-refractivity contribution in [1.29, 1.82) is 0 Å². The average molecular weight is 260 g/mol. The Labute approximate surface area is 116 Å². The fourth-order valence-corrected chi connectivity index (χ4v) is 6.20. The minimum atomic E-state index is 0.216. The second kappa shape index (κ2) is 3.72. The van der Waals surface area contributed by atoms with Gasteiger partial charge in [-0.2, -0.15) is 0 Å². The number of Topliss-reactive ketones (excluding diaryl/α,β-unsaturated/α-hetero) is 1. The van der Waals surface area contributed by atoms with Crippen molar-refractivity contribution in [1.82, 2.24) is 0 Å². The van der Waals surface area contributed by atoms with Crippen LogP contribution in [0.4, 0.5) is 0 Å². The Morgan fingerprint density at radius 3 is 3.05 bits per heavy atom. The number of hydrogen-bond acceptors (Lipinski definition) is 1. The maximum absolute atomic E-state index is 12.7. The first-order valence-corrected chi connectivity index (χ1v) is 8.15. The van der Waals surface area contributed by atoms with Crippen LogP contribution >= 0.6 is 0 Å². The van der Waals surface area contributed by atoms with E-state index in [1.165, 1.54) is 43.3 Å². The predicted octanol–water partition coefficient (Wildman–Crippen LogP) is 2.93. The van der Waals surface area contributed by atoms with E-state index in [2.05, 4.69) is 20.0 Å². The molecule has 2 heteroatoms. The van der Waals surface area contributed by atoms with Crippen molar-refractivity contribution < 1.29 is 9.28 Å². The lowest BCUT2D eigenvalue weighted by Gasteiger charge is -2.65. The maximum atomic E-state index is 12.7. The van der Waals surface area contributed by atoms with Gasteiger partial charge in [0.15, 0.2) is 0 Å². The summed E-state index contributed by atoms with van der Waals surface area (Å²) in [6.07, 6.45) is 9.56. The number of carbonyl (C=O) groups is 1. The first-order valence-electron chi connectivity index (χ1n) is 8.15. The molecule has 0 radical (unpaired) electrons. The third-order valence-electron chi connectivity index (χ3n) is 6.79. The molecule has 2 heterocycles. The van der Waals surface area contributed by atoms with Gasteiger partial charge >= 0.3 is 0 Å². The molecule has 104 valence electrons. The van der Waals surface area contributed by atoms with E-state index in [9.17, 15) is 4.79 Å². The second-order valence-electron chi connectivity index (χ2n) is 7.82. The fraction of sp³-hybridized carbons (Fsp3) is 0.824. The number of piperidine rings is 1. The smallest absolute Gasteiger partial charge is 0.143 e. The third kappa shape index (κ3) is 1.34. The lowest BCUT2D eigenvalue weighted by atomic mass is 9.51. The highest BCUT2D eigenvalue weighted by atomic mass is 16.1. The van der Waals surface area contributed by atoms with Gasteiger partial charge in [-0.3, -0.25) is 4.79 Å². The standard InChI is InChI=1S/C17H26NO/c1-12-9-13-10-16(19)15-6-4-8-18(2)7-3-5-14(13)17(15,18)11-12/h5,12-13,15H,3-4,6-11H2,1-2H3/q+1/t12-,13+,15+,17-,18?/m1/s1. The van der Waals surface area contributed by atoms with Crippen LogP contribution in [0.2, 0.25) is 0 Å². The van der Waals surface area contributed by atoms with Crippen molar-refractivity contribution in [3.8, 4) is 0 Å². The molecular formula is C17H26NO+. The van der Waals surface area contributed by atoms with Crippen molar-refractivity contribution in [2.24, 2.45) is 17.8 Å². The number of hydrogen-bond donors (Lipinski definition) is 0. The summed E-state index contributed by atoms with van der Waals surface area (Å²) in [7, 11) is 2.45. The van der Waals surface area contributed by atoms with E-state index in [4.69, 9.17) is 0 Å². The van der Waals surface area contributed by atoms with Gasteiger partial charge in [-0.1, -0.05) is 13.0 Å². The Hall–Kier alpha value is -0.630. The molecule has 0 N–H and O–H groups in total. The van der Waals surface area contributed by atoms with E-state index in [1.807, 2.05) is 0 Å². The molecule has 3 fully saturated rings. The zero-order valence-electron chi connectivity index (χ0n) is 12.3. The molecule has 2 bridgehead atoms. The molecule has 19 heavy (non-hydrogen) atoms. The monoisotopic (exact) mass is 260 g/mol. The Morgan fingerprint density at radius 2 is 2.21 bits per heavy atom. The van der Waals surface area contributed by atoms with Crippen LogP contribution in [0.1, 0.15) is 45.4 Å². The lowest BCUT2D eigenvalue weighted by molar-refractivity contribution is -0.965. The number of likely N-dealkylation sites (N-methyl/N-ethyl adjacent to an activating group) is 1. The molecule has 0 aromatic rings. The predicted molar refractivity (Wildman–Crippen MR) is 75.6 cm³/mol. The molecule has 2 aliphatic heterocycles. The van der Waals surface area contributed by atoms with Gasteiger partial charge in [-0.05, 0) is 36.7 Å². The van der Waals surface area contributed by atoms with Crippen LogP contribution in [-0.2, 0) is 4.79 Å². The molecule has 4 aliphatic rings. The molecule has 2 saturated carbocycles. The highest BCUT2D eigenvalue weighted by molar-refractivity contribution is 5.85. The van der Waals surface area contributed by atoms with E-state index in [0.717, 1.165) is 18.8 Å². The summed E-state index contributed by atoms with van der Waals surface area (Å²) in [4.78, 5) is 12.7. The Bertz CT molecular complexity index is 468. The first kappa shape index (κ1) is 12.1. The molecule has 1 unspecified atom stereocenters. The van der Waals surface area contributed by atoms with E-state index >= 15 is 0 Å². The molecule has 0 aromatic carbocycles. The number of rotatable bonds is 0. The SMILES string of the molecule is C[C@@H]1C[C@H]2CC(=O)[C@@H]3CCC[N+]4(C)CCC=C2[C@]34C1. The van der Waals surface area contributed by atoms with Crippen LogP contribution in [0.25, 0.3) is 0 Å². The number of ketones is 1. The molecule has 2 aliphatic carbocycles. The van der Waals surface area contributed by atoms with Crippen molar-refractivity contribution in [2.75, 3.05) is 20.1 Å². The number of quaternary nitrogens is 1. The fourth-order valence-electron chi connectivity index (χ4n) is 6.20. The normalized spacial score (nSPS) is 52.4. The summed E-state index contributed by atoms with van der Waals surface area (Å²) in [5.41, 5.74) is 1.93. The molecule has 5 atom stereocenters. The minimum Gasteiger partial charge on any atom is -0.317 e. The van der Waals surface area contributed by atoms with E-state index < -0.39 is 0 Å². The zero-order chi connectivity index (χ0) is 13.3. The van der Waals surface area contributed by atoms with E-state index in [0.29, 0.717) is 17.6 Å². The maximum Gasteiger partial charge on any atom is 0.143 e. The number of carbonyl (C=O) groups excluding carboxylic acids is 1. The van der Waals surface area contributed by atoms with Crippen molar-refractivity contribution in [3.05, 3.63) is 11.6 Å². The van der Waals surface area contributed by atoms with Gasteiger partial charge in [0.1, 0.15) is 11.3 Å².